The van der Waals surface area contributed by atoms with Crippen LogP contribution in [0.5, 0.6) is 0 Å². The van der Waals surface area contributed by atoms with Crippen LogP contribution in [0.3, 0.4) is 0 Å². The molecule has 0 saturated carbocycles. The van der Waals surface area contributed by atoms with Crippen molar-refractivity contribution >= 4 is 0 Å². The highest BCUT2D eigenvalue weighted by atomic mass is 15.2. The summed E-state index contributed by atoms with van der Waals surface area (Å²) in [5.41, 5.74) is 1.04. The first-order chi connectivity index (χ1) is 7.40. The van der Waals surface area contributed by atoms with Crippen molar-refractivity contribution in [2.45, 2.75) is 13.5 Å². The van der Waals surface area contributed by atoms with Gasteiger partial charge in [-0.05, 0) is 6.54 Å². The summed E-state index contributed by atoms with van der Waals surface area (Å²) in [6.45, 7) is 3.73. The van der Waals surface area contributed by atoms with E-state index in [9.17, 15) is 0 Å². The monoisotopic (exact) mass is 202 g/mol. The van der Waals surface area contributed by atoms with E-state index in [1.807, 2.05) is 30.3 Å². The van der Waals surface area contributed by atoms with E-state index in [1.54, 1.807) is 0 Å². The van der Waals surface area contributed by atoms with Crippen molar-refractivity contribution in [1.29, 1.82) is 0 Å². The maximum absolute atomic E-state index is 4.39. The first-order valence-corrected chi connectivity index (χ1v) is 5.07. The molecule has 78 valence electrons. The zero-order chi connectivity index (χ0) is 10.5. The molecule has 0 unspecified atom stereocenters. The summed E-state index contributed by atoms with van der Waals surface area (Å²) in [5, 5.41) is 10.3. The summed E-state index contributed by atoms with van der Waals surface area (Å²) in [6.07, 6.45) is 0. The fourth-order valence-electron chi connectivity index (χ4n) is 1.33. The molecule has 1 aromatic carbocycles. The molecular formula is C11H14N4. The molecule has 0 bridgehead atoms. The lowest BCUT2D eigenvalue weighted by atomic mass is 10.2. The molecule has 0 amide bonds. The first-order valence-electron chi connectivity index (χ1n) is 5.07. The minimum absolute atomic E-state index is 0.732. The topological polar surface area (TPSA) is 53.6 Å². The van der Waals surface area contributed by atoms with Crippen LogP contribution >= 0.6 is 0 Å². The van der Waals surface area contributed by atoms with Crippen LogP contribution in [0.25, 0.3) is 11.4 Å². The van der Waals surface area contributed by atoms with Crippen molar-refractivity contribution < 1.29 is 0 Å². The van der Waals surface area contributed by atoms with E-state index in [2.05, 4.69) is 27.4 Å². The fraction of sp³-hybridized carbons (Fsp3) is 0.273. The van der Waals surface area contributed by atoms with Crippen molar-refractivity contribution in [2.24, 2.45) is 0 Å². The van der Waals surface area contributed by atoms with Gasteiger partial charge in [0.2, 0.25) is 0 Å². The van der Waals surface area contributed by atoms with Gasteiger partial charge in [0.25, 0.3) is 0 Å². The molecule has 0 aliphatic heterocycles. The molecule has 0 saturated heterocycles. The van der Waals surface area contributed by atoms with Crippen LogP contribution in [0.1, 0.15) is 12.7 Å². The zero-order valence-electron chi connectivity index (χ0n) is 8.70. The maximum Gasteiger partial charge on any atom is 0.181 e. The molecule has 2 aromatic rings. The van der Waals surface area contributed by atoms with Gasteiger partial charge in [-0.2, -0.15) is 5.10 Å². The summed E-state index contributed by atoms with van der Waals surface area (Å²) < 4.78 is 0. The average molecular weight is 202 g/mol. The second-order valence-corrected chi connectivity index (χ2v) is 3.25. The molecule has 4 nitrogen and oxygen atoms in total. The van der Waals surface area contributed by atoms with Crippen LogP contribution in [-0.4, -0.2) is 21.7 Å². The van der Waals surface area contributed by atoms with Gasteiger partial charge >= 0.3 is 0 Å². The predicted molar refractivity (Wildman–Crippen MR) is 59.2 cm³/mol. The Hall–Kier alpha value is -1.68. The highest BCUT2D eigenvalue weighted by Gasteiger charge is 2.03. The standard InChI is InChI=1S/C11H14N4/c1-2-12-8-10-13-11(15-14-10)9-6-4-3-5-7-9/h3-7,12H,2,8H2,1H3,(H,13,14,15). The largest absolute Gasteiger partial charge is 0.310 e. The second kappa shape index (κ2) is 4.70. The Morgan fingerprint density at radius 3 is 2.80 bits per heavy atom. The van der Waals surface area contributed by atoms with Crippen molar-refractivity contribution in [3.63, 3.8) is 0 Å². The summed E-state index contributed by atoms with van der Waals surface area (Å²) in [7, 11) is 0. The number of benzene rings is 1. The molecule has 4 heteroatoms. The van der Waals surface area contributed by atoms with Gasteiger partial charge in [0.15, 0.2) is 5.82 Å². The lowest BCUT2D eigenvalue weighted by Gasteiger charge is -1.94. The highest BCUT2D eigenvalue weighted by molar-refractivity contribution is 5.53. The molecule has 1 aromatic heterocycles. The molecule has 1 heterocycles. The van der Waals surface area contributed by atoms with E-state index < -0.39 is 0 Å². The van der Waals surface area contributed by atoms with Crippen molar-refractivity contribution in [2.75, 3.05) is 6.54 Å². The Morgan fingerprint density at radius 1 is 1.27 bits per heavy atom. The van der Waals surface area contributed by atoms with Crippen LogP contribution < -0.4 is 5.32 Å². The molecule has 0 aliphatic rings. The smallest absolute Gasteiger partial charge is 0.181 e. The predicted octanol–water partition coefficient (Wildman–Crippen LogP) is 1.58. The van der Waals surface area contributed by atoms with E-state index in [1.165, 1.54) is 0 Å². The van der Waals surface area contributed by atoms with E-state index >= 15 is 0 Å². The van der Waals surface area contributed by atoms with E-state index in [-0.39, 0.29) is 0 Å². The lowest BCUT2D eigenvalue weighted by molar-refractivity contribution is 0.693. The van der Waals surface area contributed by atoms with Gasteiger partial charge < -0.3 is 5.32 Å². The number of nitrogens with zero attached hydrogens (tertiary/aromatic N) is 2. The van der Waals surface area contributed by atoms with Gasteiger partial charge in [-0.1, -0.05) is 37.3 Å². The number of nitrogens with one attached hydrogen (secondary N) is 2. The third-order valence-electron chi connectivity index (χ3n) is 2.11. The summed E-state index contributed by atoms with van der Waals surface area (Å²) in [6, 6.07) is 9.95. The Labute approximate surface area is 88.8 Å². The summed E-state index contributed by atoms with van der Waals surface area (Å²) in [5.74, 6) is 1.62. The van der Waals surface area contributed by atoms with Crippen molar-refractivity contribution in [1.82, 2.24) is 20.5 Å². The maximum atomic E-state index is 4.39. The van der Waals surface area contributed by atoms with Gasteiger partial charge in [-0.25, -0.2) is 4.98 Å². The number of hydrogen-bond donors (Lipinski definition) is 2. The zero-order valence-corrected chi connectivity index (χ0v) is 8.70. The molecule has 2 N–H and O–H groups in total. The molecular weight excluding hydrogens is 188 g/mol. The third-order valence-corrected chi connectivity index (χ3v) is 2.11. The van der Waals surface area contributed by atoms with Crippen LogP contribution in [0.4, 0.5) is 0 Å². The Balaban J connectivity index is 2.14. The average Bonchev–Trinajstić information content (AvgIpc) is 2.76. The van der Waals surface area contributed by atoms with E-state index in [4.69, 9.17) is 0 Å². The fourth-order valence-corrected chi connectivity index (χ4v) is 1.33. The van der Waals surface area contributed by atoms with Crippen LogP contribution in [0.2, 0.25) is 0 Å². The number of aromatic nitrogens is 3. The molecule has 0 fully saturated rings. The van der Waals surface area contributed by atoms with Gasteiger partial charge in [-0.15, -0.1) is 0 Å². The Kier molecular flexibility index (Phi) is 3.09. The normalized spacial score (nSPS) is 10.5. The summed E-state index contributed by atoms with van der Waals surface area (Å²) in [4.78, 5) is 4.39. The van der Waals surface area contributed by atoms with Crippen molar-refractivity contribution in [3.05, 3.63) is 36.2 Å². The van der Waals surface area contributed by atoms with E-state index in [0.29, 0.717) is 0 Å². The first kappa shape index (κ1) is 9.86. The molecule has 15 heavy (non-hydrogen) atoms. The number of hydrogen-bond acceptors (Lipinski definition) is 3. The minimum atomic E-state index is 0.732. The SMILES string of the molecule is CCNCc1nc(-c2ccccc2)n[nH]1. The van der Waals surface area contributed by atoms with Gasteiger partial charge in [-0.3, -0.25) is 5.10 Å². The molecule has 0 atom stereocenters. The summed E-state index contributed by atoms with van der Waals surface area (Å²) >= 11 is 0. The number of aromatic amines is 1. The molecule has 2 rings (SSSR count). The highest BCUT2D eigenvalue weighted by Crippen LogP contribution is 2.12. The number of rotatable bonds is 4. The van der Waals surface area contributed by atoms with Crippen LogP contribution in [0.15, 0.2) is 30.3 Å². The Bertz CT molecular complexity index is 408. The quantitative estimate of drug-likeness (QED) is 0.791. The molecule has 0 aliphatic carbocycles. The third kappa shape index (κ3) is 2.41. The minimum Gasteiger partial charge on any atom is -0.310 e. The lowest BCUT2D eigenvalue weighted by Crippen LogP contribution is -2.12. The molecule has 0 radical (unpaired) electrons. The van der Waals surface area contributed by atoms with Gasteiger partial charge in [0.1, 0.15) is 5.82 Å². The van der Waals surface area contributed by atoms with Gasteiger partial charge in [0, 0.05) is 5.56 Å². The van der Waals surface area contributed by atoms with Crippen LogP contribution in [0, 0.1) is 0 Å². The second-order valence-electron chi connectivity index (χ2n) is 3.25. The number of H-pyrrole nitrogens is 1. The van der Waals surface area contributed by atoms with Gasteiger partial charge in [0.05, 0.1) is 6.54 Å². The molecule has 0 spiro atoms. The van der Waals surface area contributed by atoms with Crippen LogP contribution in [-0.2, 0) is 6.54 Å². The Morgan fingerprint density at radius 2 is 2.07 bits per heavy atom. The van der Waals surface area contributed by atoms with E-state index in [0.717, 1.165) is 30.3 Å². The van der Waals surface area contributed by atoms with Crippen molar-refractivity contribution in [3.8, 4) is 11.4 Å².